The first-order valence-electron chi connectivity index (χ1n) is 8.55. The van der Waals surface area contributed by atoms with Gasteiger partial charge in [0, 0.05) is 32.3 Å². The molecule has 23 heavy (non-hydrogen) atoms. The van der Waals surface area contributed by atoms with E-state index in [0.29, 0.717) is 19.0 Å². The Kier molecular flexibility index (Phi) is 5.13. The number of aliphatic hydroxyl groups excluding tert-OH is 1. The highest BCUT2D eigenvalue weighted by atomic mass is 16.3. The van der Waals surface area contributed by atoms with E-state index < -0.39 is 6.10 Å². The Bertz CT molecular complexity index is 593. The Morgan fingerprint density at radius 3 is 2.87 bits per heavy atom. The molecule has 0 spiro atoms. The number of rotatable bonds is 6. The van der Waals surface area contributed by atoms with Gasteiger partial charge >= 0.3 is 0 Å². The molecule has 0 bridgehead atoms. The van der Waals surface area contributed by atoms with Crippen LogP contribution in [0.2, 0.25) is 0 Å². The number of allylic oxidation sites excluding steroid dienone is 1. The predicted octanol–water partition coefficient (Wildman–Crippen LogP) is 1.88. The fourth-order valence-corrected chi connectivity index (χ4v) is 3.21. The van der Waals surface area contributed by atoms with Gasteiger partial charge in [-0.1, -0.05) is 29.8 Å². The molecule has 1 fully saturated rings. The molecule has 2 aliphatic rings. The molecule has 3 rings (SSSR count). The van der Waals surface area contributed by atoms with Crippen LogP contribution in [-0.2, 0) is 17.8 Å². The second-order valence-corrected chi connectivity index (χ2v) is 6.82. The Balaban J connectivity index is 1.42. The number of hydrogen-bond donors (Lipinski definition) is 2. The summed E-state index contributed by atoms with van der Waals surface area (Å²) in [6.07, 6.45) is 4.59. The smallest absolute Gasteiger partial charge is 0.244 e. The number of hydrogen-bond acceptors (Lipinski definition) is 3. The molecule has 1 unspecified atom stereocenters. The first kappa shape index (κ1) is 16.2. The van der Waals surface area contributed by atoms with Gasteiger partial charge < -0.3 is 10.4 Å². The Morgan fingerprint density at radius 1 is 1.39 bits per heavy atom. The minimum Gasteiger partial charge on any atom is -0.390 e. The maximum atomic E-state index is 11.8. The van der Waals surface area contributed by atoms with Crippen LogP contribution in [0.15, 0.2) is 35.9 Å². The second-order valence-electron chi connectivity index (χ2n) is 6.82. The van der Waals surface area contributed by atoms with Crippen LogP contribution in [0.25, 0.3) is 0 Å². The number of nitrogens with one attached hydrogen (secondary N) is 1. The van der Waals surface area contributed by atoms with Crippen molar-refractivity contribution in [1.82, 2.24) is 10.2 Å². The lowest BCUT2D eigenvalue weighted by atomic mass is 10.00. The van der Waals surface area contributed by atoms with Gasteiger partial charge in [-0.15, -0.1) is 0 Å². The van der Waals surface area contributed by atoms with E-state index in [2.05, 4.69) is 34.5 Å². The molecular weight excluding hydrogens is 288 g/mol. The summed E-state index contributed by atoms with van der Waals surface area (Å²) in [5.74, 6) is 0.525. The van der Waals surface area contributed by atoms with E-state index in [0.717, 1.165) is 25.1 Å². The number of β-amino-alcohol motifs (C(OH)–C–C–N with tert-alkyl or cyclic N) is 1. The topological polar surface area (TPSA) is 52.6 Å². The average molecular weight is 314 g/mol. The van der Waals surface area contributed by atoms with Crippen molar-refractivity contribution in [3.63, 3.8) is 0 Å². The van der Waals surface area contributed by atoms with Gasteiger partial charge in [-0.05, 0) is 43.2 Å². The summed E-state index contributed by atoms with van der Waals surface area (Å²) in [5.41, 5.74) is 3.91. The zero-order valence-corrected chi connectivity index (χ0v) is 13.8. The standard InChI is InChI=1S/C19H26N2O2/c1-14(15-6-7-15)10-19(23)20-11-18(22)13-21-9-8-16-4-2-3-5-17(16)12-21/h2-5,10,15,18,22H,6-9,11-13H2,1H3,(H,20,23)/b14-10-. The predicted molar refractivity (Wildman–Crippen MR) is 90.9 cm³/mol. The van der Waals surface area contributed by atoms with E-state index in [-0.39, 0.29) is 5.91 Å². The maximum absolute atomic E-state index is 11.8. The highest BCUT2D eigenvalue weighted by Gasteiger charge is 2.23. The third-order valence-electron chi connectivity index (χ3n) is 4.77. The molecule has 1 atom stereocenters. The highest BCUT2D eigenvalue weighted by Crippen LogP contribution is 2.35. The summed E-state index contributed by atoms with van der Waals surface area (Å²) in [6, 6.07) is 8.47. The van der Waals surface area contributed by atoms with Crippen molar-refractivity contribution in [3.05, 3.63) is 47.0 Å². The molecule has 4 nitrogen and oxygen atoms in total. The number of aliphatic hydroxyl groups is 1. The van der Waals surface area contributed by atoms with Gasteiger partial charge in [0.1, 0.15) is 0 Å². The van der Waals surface area contributed by atoms with Crippen LogP contribution in [0.3, 0.4) is 0 Å². The van der Waals surface area contributed by atoms with Crippen molar-refractivity contribution in [3.8, 4) is 0 Å². The zero-order valence-electron chi connectivity index (χ0n) is 13.8. The van der Waals surface area contributed by atoms with Crippen LogP contribution in [0.1, 0.15) is 30.9 Å². The molecule has 1 aliphatic heterocycles. The monoisotopic (exact) mass is 314 g/mol. The van der Waals surface area contributed by atoms with Gasteiger partial charge in [0.25, 0.3) is 0 Å². The van der Waals surface area contributed by atoms with E-state index >= 15 is 0 Å². The number of carbonyl (C=O) groups excluding carboxylic acids is 1. The van der Waals surface area contributed by atoms with E-state index in [9.17, 15) is 9.90 Å². The lowest BCUT2D eigenvalue weighted by Crippen LogP contribution is -2.41. The Morgan fingerprint density at radius 2 is 2.13 bits per heavy atom. The number of carbonyl (C=O) groups is 1. The minimum absolute atomic E-state index is 0.0857. The third kappa shape index (κ3) is 4.66. The summed E-state index contributed by atoms with van der Waals surface area (Å²) in [7, 11) is 0. The average Bonchev–Trinajstić information content (AvgIpc) is 3.38. The third-order valence-corrected chi connectivity index (χ3v) is 4.77. The van der Waals surface area contributed by atoms with Crippen molar-refractivity contribution in [2.75, 3.05) is 19.6 Å². The van der Waals surface area contributed by atoms with E-state index in [1.165, 1.54) is 24.0 Å². The number of amides is 1. The highest BCUT2D eigenvalue weighted by molar-refractivity contribution is 5.88. The van der Waals surface area contributed by atoms with E-state index in [1.54, 1.807) is 6.08 Å². The summed E-state index contributed by atoms with van der Waals surface area (Å²) in [6.45, 7) is 4.76. The quantitative estimate of drug-likeness (QED) is 0.788. The summed E-state index contributed by atoms with van der Waals surface area (Å²) < 4.78 is 0. The molecular formula is C19H26N2O2. The first-order valence-corrected chi connectivity index (χ1v) is 8.55. The molecule has 0 radical (unpaired) electrons. The lowest BCUT2D eigenvalue weighted by molar-refractivity contribution is -0.117. The molecule has 4 heteroatoms. The fraction of sp³-hybridized carbons (Fsp3) is 0.526. The molecule has 2 N–H and O–H groups in total. The van der Waals surface area contributed by atoms with Crippen LogP contribution in [0.4, 0.5) is 0 Å². The van der Waals surface area contributed by atoms with Gasteiger partial charge in [-0.3, -0.25) is 9.69 Å². The fourth-order valence-electron chi connectivity index (χ4n) is 3.21. The Labute approximate surface area is 138 Å². The summed E-state index contributed by atoms with van der Waals surface area (Å²) >= 11 is 0. The van der Waals surface area contributed by atoms with Gasteiger partial charge in [-0.2, -0.15) is 0 Å². The van der Waals surface area contributed by atoms with Gasteiger partial charge in [-0.25, -0.2) is 0 Å². The van der Waals surface area contributed by atoms with Crippen molar-refractivity contribution in [2.24, 2.45) is 5.92 Å². The molecule has 1 amide bonds. The SMILES string of the molecule is C/C(=C/C(=O)NCC(O)CN1CCc2ccccc2C1)C1CC1. The molecule has 0 saturated heterocycles. The van der Waals surface area contributed by atoms with Crippen LogP contribution in [0.5, 0.6) is 0 Å². The minimum atomic E-state index is -0.529. The van der Waals surface area contributed by atoms with Crippen LogP contribution in [-0.4, -0.2) is 41.7 Å². The van der Waals surface area contributed by atoms with Crippen molar-refractivity contribution < 1.29 is 9.90 Å². The Hall–Kier alpha value is -1.65. The molecule has 1 aromatic rings. The molecule has 1 saturated carbocycles. The van der Waals surface area contributed by atoms with Gasteiger partial charge in [0.2, 0.25) is 5.91 Å². The maximum Gasteiger partial charge on any atom is 0.244 e. The molecule has 1 heterocycles. The largest absolute Gasteiger partial charge is 0.390 e. The molecule has 0 aromatic heterocycles. The van der Waals surface area contributed by atoms with E-state index in [1.807, 2.05) is 6.92 Å². The van der Waals surface area contributed by atoms with Gasteiger partial charge in [0.05, 0.1) is 6.10 Å². The van der Waals surface area contributed by atoms with Crippen LogP contribution >= 0.6 is 0 Å². The van der Waals surface area contributed by atoms with Crippen molar-refractivity contribution >= 4 is 5.91 Å². The van der Waals surface area contributed by atoms with Crippen LogP contribution in [0, 0.1) is 5.92 Å². The number of fused-ring (bicyclic) bond motifs is 1. The molecule has 1 aliphatic carbocycles. The second kappa shape index (κ2) is 7.28. The van der Waals surface area contributed by atoms with Gasteiger partial charge in [0.15, 0.2) is 0 Å². The van der Waals surface area contributed by atoms with Crippen molar-refractivity contribution in [2.45, 2.75) is 38.8 Å². The zero-order chi connectivity index (χ0) is 16.2. The van der Waals surface area contributed by atoms with Crippen molar-refractivity contribution in [1.29, 1.82) is 0 Å². The van der Waals surface area contributed by atoms with Crippen LogP contribution < -0.4 is 5.32 Å². The number of nitrogens with zero attached hydrogens (tertiary/aromatic N) is 1. The summed E-state index contributed by atoms with van der Waals surface area (Å²) in [5, 5.41) is 13.0. The number of benzene rings is 1. The molecule has 1 aromatic carbocycles. The normalized spacial score (nSPS) is 20.0. The van der Waals surface area contributed by atoms with E-state index in [4.69, 9.17) is 0 Å². The first-order chi connectivity index (χ1) is 11.1. The lowest BCUT2D eigenvalue weighted by Gasteiger charge is -2.30. The molecule has 124 valence electrons. The summed E-state index contributed by atoms with van der Waals surface area (Å²) in [4.78, 5) is 14.1.